The van der Waals surface area contributed by atoms with Crippen LogP contribution in [0.5, 0.6) is 5.75 Å². The number of amides is 6. The molecule has 0 bridgehead atoms. The fourth-order valence-electron chi connectivity index (χ4n) is 10.8. The van der Waals surface area contributed by atoms with Gasteiger partial charge in [-0.05, 0) is 124 Å². The lowest BCUT2D eigenvalue weighted by Crippen LogP contribution is -2.54. The summed E-state index contributed by atoms with van der Waals surface area (Å²) in [6.07, 6.45) is 8.39. The number of pyridine rings is 1. The third kappa shape index (κ3) is 10.8. The van der Waals surface area contributed by atoms with Crippen LogP contribution in [-0.2, 0) is 23.9 Å². The second-order valence-electron chi connectivity index (χ2n) is 19.1. The highest BCUT2D eigenvalue weighted by molar-refractivity contribution is 6.32. The molecule has 4 aromatic rings. The van der Waals surface area contributed by atoms with E-state index in [0.717, 1.165) is 79.5 Å². The topological polar surface area (TPSA) is 180 Å². The summed E-state index contributed by atoms with van der Waals surface area (Å²) in [7, 11) is 0. The van der Waals surface area contributed by atoms with E-state index in [9.17, 15) is 33.2 Å². The first-order valence-electron chi connectivity index (χ1n) is 24.4. The van der Waals surface area contributed by atoms with Gasteiger partial charge in [0.05, 0.1) is 34.9 Å². The van der Waals surface area contributed by atoms with Crippen LogP contribution in [0.3, 0.4) is 0 Å². The molecule has 3 aromatic carbocycles. The Bertz CT molecular complexity index is 2610. The van der Waals surface area contributed by atoms with Crippen LogP contribution < -0.4 is 20.7 Å². The third-order valence-corrected chi connectivity index (χ3v) is 15.1. The summed E-state index contributed by atoms with van der Waals surface area (Å²) in [5, 5.41) is 9.84. The van der Waals surface area contributed by atoms with E-state index in [0.29, 0.717) is 73.8 Å². The van der Waals surface area contributed by atoms with E-state index < -0.39 is 29.7 Å². The maximum atomic E-state index is 14.1. The van der Waals surface area contributed by atoms with Gasteiger partial charge < -0.3 is 29.9 Å². The van der Waals surface area contributed by atoms with Gasteiger partial charge in [-0.3, -0.25) is 44.0 Å². The van der Waals surface area contributed by atoms with Crippen LogP contribution in [-0.4, -0.2) is 120 Å². The average molecular weight is 965 g/mol. The second-order valence-corrected chi connectivity index (χ2v) is 19.5. The quantitative estimate of drug-likeness (QED) is 0.0812. The van der Waals surface area contributed by atoms with Gasteiger partial charge in [0, 0.05) is 86.3 Å². The molecule has 4 fully saturated rings. The molecule has 1 aliphatic carbocycles. The van der Waals surface area contributed by atoms with Crippen molar-refractivity contribution in [3.8, 4) is 5.75 Å². The van der Waals surface area contributed by atoms with Crippen molar-refractivity contribution >= 4 is 69.3 Å². The number of benzene rings is 3. The Morgan fingerprint density at radius 2 is 1.67 bits per heavy atom. The van der Waals surface area contributed by atoms with Crippen LogP contribution >= 0.6 is 11.6 Å². The molecule has 15 nitrogen and oxygen atoms in total. The first kappa shape index (κ1) is 48.1. The summed E-state index contributed by atoms with van der Waals surface area (Å²) in [6.45, 7) is 6.77. The Balaban J connectivity index is 0.659. The number of hydrogen-bond acceptors (Lipinski definition) is 11. The normalized spacial score (nSPS) is 22.1. The predicted molar refractivity (Wildman–Crippen MR) is 257 cm³/mol. The molecule has 364 valence electrons. The summed E-state index contributed by atoms with van der Waals surface area (Å²) in [4.78, 5) is 87.3. The fraction of sp³-hybridized carbons (Fsp3) is 0.481. The summed E-state index contributed by atoms with van der Waals surface area (Å²) in [6, 6.07) is 16.0. The van der Waals surface area contributed by atoms with E-state index in [1.807, 2.05) is 17.9 Å². The summed E-state index contributed by atoms with van der Waals surface area (Å²) in [5.41, 5.74) is 3.47. The number of likely N-dealkylation sites (tertiary alicyclic amines) is 2. The zero-order valence-corrected chi connectivity index (χ0v) is 39.6. The number of ether oxygens (including phenoxy) is 2. The lowest BCUT2D eigenvalue weighted by atomic mass is 9.73. The molecule has 1 saturated carbocycles. The molecule has 1 aromatic heterocycles. The van der Waals surface area contributed by atoms with E-state index in [2.05, 4.69) is 25.8 Å². The van der Waals surface area contributed by atoms with Gasteiger partial charge in [0.15, 0.2) is 0 Å². The van der Waals surface area contributed by atoms with Crippen molar-refractivity contribution in [1.82, 2.24) is 25.0 Å². The SMILES string of the molecule is C[C@@H](C(=O)Nc1ccc(Cl)c(OC2CCN(C(=O)C3CCN(CCOCCNc4cccc5c4C(=O)N(C4CCC(=O)NC4=O)C5=O)CC3)CC2)c1)C1CCC(c2ccnc3ccc(F)cc23)CC1. The molecule has 9 rings (SSSR count). The highest BCUT2D eigenvalue weighted by Crippen LogP contribution is 2.41. The molecule has 1 unspecified atom stereocenters. The van der Waals surface area contributed by atoms with Crippen LogP contribution in [0.4, 0.5) is 15.8 Å². The van der Waals surface area contributed by atoms with Crippen LogP contribution in [0, 0.1) is 23.6 Å². The van der Waals surface area contributed by atoms with Crippen LogP contribution in [0.2, 0.25) is 5.02 Å². The summed E-state index contributed by atoms with van der Waals surface area (Å²) < 4.78 is 26.4. The maximum Gasteiger partial charge on any atom is 0.264 e. The summed E-state index contributed by atoms with van der Waals surface area (Å²) >= 11 is 6.59. The highest BCUT2D eigenvalue weighted by Gasteiger charge is 2.45. The number of nitrogens with one attached hydrogen (secondary N) is 3. The molecule has 0 spiro atoms. The molecular weight excluding hydrogens is 905 g/mol. The Kier molecular flexibility index (Phi) is 14.9. The lowest BCUT2D eigenvalue weighted by Gasteiger charge is -2.37. The van der Waals surface area contributed by atoms with E-state index >= 15 is 0 Å². The molecule has 0 radical (unpaired) electrons. The van der Waals surface area contributed by atoms with Gasteiger partial charge in [-0.15, -0.1) is 0 Å². The van der Waals surface area contributed by atoms with Crippen LogP contribution in [0.25, 0.3) is 10.9 Å². The predicted octanol–water partition coefficient (Wildman–Crippen LogP) is 7.19. The van der Waals surface area contributed by atoms with E-state index in [-0.39, 0.29) is 65.5 Å². The molecule has 3 saturated heterocycles. The number of rotatable bonds is 15. The molecule has 17 heteroatoms. The minimum Gasteiger partial charge on any atom is -0.489 e. The monoisotopic (exact) mass is 963 g/mol. The van der Waals surface area contributed by atoms with E-state index in [1.165, 1.54) is 6.07 Å². The number of piperidine rings is 3. The maximum absolute atomic E-state index is 14.1. The number of hydrogen-bond donors (Lipinski definition) is 3. The highest BCUT2D eigenvalue weighted by atomic mass is 35.5. The first-order chi connectivity index (χ1) is 33.4. The molecular formula is C52H59ClFN7O8. The first-order valence-corrected chi connectivity index (χ1v) is 24.8. The van der Waals surface area contributed by atoms with Gasteiger partial charge in [-0.2, -0.15) is 0 Å². The molecule has 6 amide bonds. The van der Waals surface area contributed by atoms with Crippen molar-refractivity contribution in [3.63, 3.8) is 0 Å². The average Bonchev–Trinajstić information content (AvgIpc) is 3.61. The minimum atomic E-state index is -1.02. The van der Waals surface area contributed by atoms with Gasteiger partial charge in [0.1, 0.15) is 23.7 Å². The minimum absolute atomic E-state index is 0.0307. The van der Waals surface area contributed by atoms with Crippen molar-refractivity contribution in [3.05, 3.63) is 94.4 Å². The Hall–Kier alpha value is -5.97. The van der Waals surface area contributed by atoms with Crippen molar-refractivity contribution in [2.45, 2.75) is 89.2 Å². The molecule has 69 heavy (non-hydrogen) atoms. The number of carbonyl (C=O) groups excluding carboxylic acids is 6. The second kappa shape index (κ2) is 21.3. The molecule has 4 aliphatic heterocycles. The standard InChI is InChI=1S/C52H59ClFN7O8/c1-31(32-5-7-33(8-6-32)38-15-20-55-42-12-9-35(54)29-40(38)42)48(63)57-36-10-11-41(53)45(30-36)69-37-18-24-60(25-19-37)50(65)34-16-22-59(23-17-34)26-28-68-27-21-56-43-4-2-3-39-47(43)52(67)61(51(39)66)44-13-14-46(62)58-49(44)64/h2-4,9-12,15,20,29-34,37,44,56H,5-8,13-14,16-19,21-28H2,1H3,(H,57,63)(H,58,62,64)/t31-,32?,33?,44?/m1/s1. The third-order valence-electron chi connectivity index (χ3n) is 14.8. The number of aromatic nitrogens is 1. The van der Waals surface area contributed by atoms with Gasteiger partial charge in [0.2, 0.25) is 23.6 Å². The Labute approximate surface area is 405 Å². The van der Waals surface area contributed by atoms with Crippen LogP contribution in [0.15, 0.2) is 66.9 Å². The Morgan fingerprint density at radius 3 is 2.43 bits per heavy atom. The number of halogens is 2. The Morgan fingerprint density at radius 1 is 0.884 bits per heavy atom. The number of carbonyl (C=O) groups is 6. The van der Waals surface area contributed by atoms with Crippen molar-refractivity contribution in [1.29, 1.82) is 0 Å². The lowest BCUT2D eigenvalue weighted by molar-refractivity contribution is -0.139. The number of nitrogens with zero attached hydrogens (tertiary/aromatic N) is 4. The van der Waals surface area contributed by atoms with Gasteiger partial charge in [-0.25, -0.2) is 4.39 Å². The van der Waals surface area contributed by atoms with E-state index in [4.69, 9.17) is 21.1 Å². The van der Waals surface area contributed by atoms with E-state index in [1.54, 1.807) is 54.7 Å². The van der Waals surface area contributed by atoms with Crippen molar-refractivity contribution < 1.29 is 42.6 Å². The zero-order valence-electron chi connectivity index (χ0n) is 38.9. The van der Waals surface area contributed by atoms with Crippen molar-refractivity contribution in [2.24, 2.45) is 17.8 Å². The smallest absolute Gasteiger partial charge is 0.264 e. The van der Waals surface area contributed by atoms with Crippen LogP contribution in [0.1, 0.15) is 103 Å². The largest absolute Gasteiger partial charge is 0.489 e. The number of fused-ring (bicyclic) bond motifs is 2. The molecule has 2 atom stereocenters. The molecule has 5 heterocycles. The number of imide groups is 2. The fourth-order valence-corrected chi connectivity index (χ4v) is 11.0. The molecule has 5 aliphatic rings. The zero-order chi connectivity index (χ0) is 48.2. The van der Waals surface area contributed by atoms with Gasteiger partial charge >= 0.3 is 0 Å². The molecule has 3 N–H and O–H groups in total. The summed E-state index contributed by atoms with van der Waals surface area (Å²) in [5.74, 6) is -1.48. The van der Waals surface area contributed by atoms with Gasteiger partial charge in [0.25, 0.3) is 11.8 Å². The van der Waals surface area contributed by atoms with Gasteiger partial charge in [-0.1, -0.05) is 24.6 Å². The van der Waals surface area contributed by atoms with Crippen molar-refractivity contribution in [2.75, 3.05) is 63.1 Å². The number of anilines is 2.